The van der Waals surface area contributed by atoms with E-state index in [1.165, 1.54) is 10.8 Å². The largest absolute Gasteiger partial charge is 0.394 e. The van der Waals surface area contributed by atoms with E-state index in [0.717, 1.165) is 21.2 Å². The first-order valence-corrected chi connectivity index (χ1v) is 10.7. The van der Waals surface area contributed by atoms with Crippen LogP contribution in [0.15, 0.2) is 68.0 Å². The molecule has 3 N–H and O–H groups in total. The van der Waals surface area contributed by atoms with E-state index in [0.29, 0.717) is 11.1 Å². The monoisotopic (exact) mass is 439 g/mol. The van der Waals surface area contributed by atoms with Crippen LogP contribution >= 0.6 is 11.8 Å². The number of rotatable bonds is 3. The lowest BCUT2D eigenvalue weighted by Crippen LogP contribution is -2.33. The van der Waals surface area contributed by atoms with Crippen molar-refractivity contribution in [3.05, 3.63) is 69.5 Å². The van der Waals surface area contributed by atoms with Gasteiger partial charge in [0.05, 0.1) is 29.6 Å². The third-order valence-corrected chi connectivity index (χ3v) is 6.85. The summed E-state index contributed by atoms with van der Waals surface area (Å²) in [4.78, 5) is 31.6. The predicted molar refractivity (Wildman–Crippen MR) is 117 cm³/mol. The number of aromatic amines is 1. The normalized spacial score (nSPS) is 22.3. The van der Waals surface area contributed by atoms with Crippen LogP contribution < -0.4 is 16.1 Å². The van der Waals surface area contributed by atoms with Crippen molar-refractivity contribution in [3.63, 3.8) is 0 Å². The van der Waals surface area contributed by atoms with Gasteiger partial charge in [-0.1, -0.05) is 30.0 Å². The molecular weight excluding hydrogens is 418 g/mol. The molecule has 0 saturated carbocycles. The predicted octanol–water partition coefficient (Wildman–Crippen LogP) is 2.08. The van der Waals surface area contributed by atoms with Gasteiger partial charge in [0.2, 0.25) is 0 Å². The van der Waals surface area contributed by atoms with Crippen molar-refractivity contribution in [2.24, 2.45) is 0 Å². The van der Waals surface area contributed by atoms with Crippen LogP contribution in [0.5, 0.6) is 0 Å². The average Bonchev–Trinajstić information content (AvgIpc) is 3.14. The fourth-order valence-electron chi connectivity index (χ4n) is 4.06. The van der Waals surface area contributed by atoms with Crippen molar-refractivity contribution in [1.29, 1.82) is 0 Å². The maximum Gasteiger partial charge on any atom is 0.330 e. The molecule has 0 radical (unpaired) electrons. The molecule has 1 aromatic heterocycles. The zero-order chi connectivity index (χ0) is 21.7. The molecule has 3 heterocycles. The second-order valence-electron chi connectivity index (χ2n) is 7.64. The summed E-state index contributed by atoms with van der Waals surface area (Å²) in [5.74, 6) is 0. The van der Waals surface area contributed by atoms with Gasteiger partial charge in [0.1, 0.15) is 12.3 Å². The maximum absolute atomic E-state index is 12.6. The summed E-state index contributed by atoms with van der Waals surface area (Å²) in [6, 6.07) is 13.9. The lowest BCUT2D eigenvalue weighted by Gasteiger charge is -2.29. The van der Waals surface area contributed by atoms with Crippen molar-refractivity contribution in [3.8, 4) is 11.1 Å². The lowest BCUT2D eigenvalue weighted by molar-refractivity contribution is -0.0458. The number of hydrogen-bond donors (Lipinski definition) is 3. The molecule has 0 unspecified atom stereocenters. The second-order valence-corrected chi connectivity index (χ2v) is 8.72. The quantitative estimate of drug-likeness (QED) is 0.573. The molecule has 0 aliphatic carbocycles. The summed E-state index contributed by atoms with van der Waals surface area (Å²) in [5, 5.41) is 19.3. The molecule has 1 fully saturated rings. The summed E-state index contributed by atoms with van der Waals surface area (Å²) in [5.41, 5.74) is 2.04. The van der Waals surface area contributed by atoms with Crippen molar-refractivity contribution in [2.45, 2.75) is 34.6 Å². The Hall–Kier alpha value is -2.85. The zero-order valence-corrected chi connectivity index (χ0v) is 17.5. The molecule has 5 rings (SSSR count). The van der Waals surface area contributed by atoms with Crippen LogP contribution in [0.25, 0.3) is 11.1 Å². The van der Waals surface area contributed by atoms with Crippen molar-refractivity contribution >= 4 is 23.1 Å². The van der Waals surface area contributed by atoms with Gasteiger partial charge in [-0.2, -0.15) is 0 Å². The topological polar surface area (TPSA) is 108 Å². The van der Waals surface area contributed by atoms with Crippen LogP contribution in [0.4, 0.5) is 11.4 Å². The molecule has 3 atom stereocenters. The van der Waals surface area contributed by atoms with E-state index in [2.05, 4.69) is 22.0 Å². The third kappa shape index (κ3) is 3.39. The number of aliphatic hydroxyl groups is 2. The van der Waals surface area contributed by atoms with Crippen LogP contribution in [-0.2, 0) is 4.74 Å². The molecule has 0 amide bonds. The van der Waals surface area contributed by atoms with Gasteiger partial charge in [-0.3, -0.25) is 14.3 Å². The van der Waals surface area contributed by atoms with E-state index in [1.807, 2.05) is 37.4 Å². The molecule has 9 heteroatoms. The smallest absolute Gasteiger partial charge is 0.330 e. The Morgan fingerprint density at radius 3 is 2.71 bits per heavy atom. The first-order chi connectivity index (χ1) is 15.0. The standard InChI is InChI=1S/C22H21N3O5S/c1-24-14-4-2-3-5-18(14)31-19-8-12(6-7-15(19)24)13-10-25(22(29)23-21(13)28)20-9-16(27)17(11-26)30-20/h2-8,10,16-17,20,26-27H,9,11H2,1H3,(H,23,28,29)/t16-,17-,20-/m1/s1. The summed E-state index contributed by atoms with van der Waals surface area (Å²) in [6.45, 7) is -0.348. The van der Waals surface area contributed by atoms with Gasteiger partial charge in [-0.25, -0.2) is 4.79 Å². The summed E-state index contributed by atoms with van der Waals surface area (Å²) >= 11 is 1.63. The number of hydrogen-bond acceptors (Lipinski definition) is 7. The Bertz CT molecular complexity index is 1270. The number of nitrogens with zero attached hydrogens (tertiary/aromatic N) is 2. The van der Waals surface area contributed by atoms with E-state index in [1.54, 1.807) is 11.8 Å². The van der Waals surface area contributed by atoms with E-state index in [9.17, 15) is 19.8 Å². The Labute approximate surface area is 181 Å². The number of H-pyrrole nitrogens is 1. The van der Waals surface area contributed by atoms with Gasteiger partial charge in [0.15, 0.2) is 0 Å². The maximum atomic E-state index is 12.6. The van der Waals surface area contributed by atoms with Gasteiger partial charge in [-0.05, 0) is 29.8 Å². The molecule has 31 heavy (non-hydrogen) atoms. The lowest BCUT2D eigenvalue weighted by atomic mass is 10.1. The minimum atomic E-state index is -0.881. The highest BCUT2D eigenvalue weighted by Gasteiger charge is 2.35. The molecule has 2 aromatic carbocycles. The Balaban J connectivity index is 1.55. The minimum absolute atomic E-state index is 0.151. The number of fused-ring (bicyclic) bond motifs is 2. The van der Waals surface area contributed by atoms with Crippen LogP contribution in [0.1, 0.15) is 12.6 Å². The van der Waals surface area contributed by atoms with Crippen molar-refractivity contribution < 1.29 is 14.9 Å². The van der Waals surface area contributed by atoms with Gasteiger partial charge in [0.25, 0.3) is 5.56 Å². The van der Waals surface area contributed by atoms with Crippen molar-refractivity contribution in [2.75, 3.05) is 18.6 Å². The Kier molecular flexibility index (Phi) is 4.98. The number of anilines is 2. The molecule has 0 spiro atoms. The summed E-state index contributed by atoms with van der Waals surface area (Å²) < 4.78 is 6.86. The SMILES string of the molecule is CN1c2ccccc2Sc2cc(-c3cn([C@H]4C[C@@H](O)[C@@H](CO)O4)c(=O)[nH]c3=O)ccc21. The zero-order valence-electron chi connectivity index (χ0n) is 16.7. The molecule has 2 aliphatic rings. The number of aliphatic hydroxyl groups excluding tert-OH is 2. The van der Waals surface area contributed by atoms with E-state index >= 15 is 0 Å². The first-order valence-electron chi connectivity index (χ1n) is 9.91. The van der Waals surface area contributed by atoms with E-state index in [4.69, 9.17) is 4.74 Å². The number of aromatic nitrogens is 2. The number of benzene rings is 2. The molecule has 1 saturated heterocycles. The molecule has 8 nitrogen and oxygen atoms in total. The summed E-state index contributed by atoms with van der Waals surface area (Å²) in [7, 11) is 2.00. The minimum Gasteiger partial charge on any atom is -0.394 e. The molecule has 160 valence electrons. The second kappa shape index (κ2) is 7.69. The highest BCUT2D eigenvalue weighted by atomic mass is 32.2. The highest BCUT2D eigenvalue weighted by Crippen LogP contribution is 2.48. The van der Waals surface area contributed by atoms with E-state index < -0.39 is 29.7 Å². The van der Waals surface area contributed by atoms with Gasteiger partial charge < -0.3 is 19.8 Å². The highest BCUT2D eigenvalue weighted by molar-refractivity contribution is 7.99. The number of nitrogens with one attached hydrogen (secondary N) is 1. The first kappa shape index (κ1) is 20.1. The van der Waals surface area contributed by atoms with Crippen LogP contribution in [-0.4, -0.2) is 45.6 Å². The summed E-state index contributed by atoms with van der Waals surface area (Å²) in [6.07, 6.45) is -0.792. The third-order valence-electron chi connectivity index (χ3n) is 5.74. The van der Waals surface area contributed by atoms with Crippen molar-refractivity contribution in [1.82, 2.24) is 9.55 Å². The number of para-hydroxylation sites is 1. The van der Waals surface area contributed by atoms with E-state index in [-0.39, 0.29) is 13.0 Å². The molecular formula is C22H21N3O5S. The van der Waals surface area contributed by atoms with Gasteiger partial charge >= 0.3 is 5.69 Å². The Morgan fingerprint density at radius 2 is 1.94 bits per heavy atom. The Morgan fingerprint density at radius 1 is 1.16 bits per heavy atom. The molecule has 0 bridgehead atoms. The fourth-order valence-corrected chi connectivity index (χ4v) is 5.25. The molecule has 3 aromatic rings. The van der Waals surface area contributed by atoms with Gasteiger partial charge in [-0.15, -0.1) is 0 Å². The average molecular weight is 439 g/mol. The molecule has 2 aliphatic heterocycles. The van der Waals surface area contributed by atoms with Gasteiger partial charge in [0, 0.05) is 29.5 Å². The fraction of sp³-hybridized carbons (Fsp3) is 0.273. The van der Waals surface area contributed by atoms with Crippen LogP contribution in [0.3, 0.4) is 0 Å². The van der Waals surface area contributed by atoms with Crippen LogP contribution in [0, 0.1) is 0 Å². The van der Waals surface area contributed by atoms with Crippen LogP contribution in [0.2, 0.25) is 0 Å². The number of ether oxygens (including phenoxy) is 1.